The van der Waals surface area contributed by atoms with E-state index in [-0.39, 0.29) is 22.9 Å². The van der Waals surface area contributed by atoms with Gasteiger partial charge in [0.2, 0.25) is 0 Å². The second-order valence-corrected chi connectivity index (χ2v) is 4.53. The molecule has 21 heavy (non-hydrogen) atoms. The van der Waals surface area contributed by atoms with Gasteiger partial charge in [-0.3, -0.25) is 0 Å². The van der Waals surface area contributed by atoms with Gasteiger partial charge in [-0.15, -0.1) is 0 Å². The number of hydrogen-bond donors (Lipinski definition) is 2. The fourth-order valence-electron chi connectivity index (χ4n) is 1.72. The Kier molecular flexibility index (Phi) is 4.59. The minimum absolute atomic E-state index is 0.0196. The molecule has 0 spiro atoms. The Hall–Kier alpha value is -2.34. The van der Waals surface area contributed by atoms with E-state index in [0.29, 0.717) is 5.56 Å². The van der Waals surface area contributed by atoms with E-state index in [1.807, 2.05) is 0 Å². The van der Waals surface area contributed by atoms with E-state index in [2.05, 4.69) is 5.16 Å². The lowest BCUT2D eigenvalue weighted by atomic mass is 10.1. The van der Waals surface area contributed by atoms with Crippen molar-refractivity contribution >= 4 is 17.4 Å². The normalized spacial score (nSPS) is 11.5. The molecule has 0 aromatic heterocycles. The summed E-state index contributed by atoms with van der Waals surface area (Å²) in [5.41, 5.74) is 5.79. The lowest BCUT2D eigenvalue weighted by Crippen LogP contribution is -2.17. The highest BCUT2D eigenvalue weighted by molar-refractivity contribution is 6.31. The molecule has 0 saturated carbocycles. The number of ether oxygens (including phenoxy) is 1. The Balaban J connectivity index is 2.26. The Morgan fingerprint density at radius 3 is 2.71 bits per heavy atom. The zero-order valence-corrected chi connectivity index (χ0v) is 11.4. The number of nitrogens with two attached hydrogens (primary N) is 1. The van der Waals surface area contributed by atoms with Gasteiger partial charge in [-0.05, 0) is 24.3 Å². The molecule has 0 heterocycles. The van der Waals surface area contributed by atoms with Gasteiger partial charge in [0.05, 0.1) is 10.6 Å². The highest BCUT2D eigenvalue weighted by Gasteiger charge is 2.14. The van der Waals surface area contributed by atoms with E-state index in [0.717, 1.165) is 12.1 Å². The Labute approximate surface area is 124 Å². The van der Waals surface area contributed by atoms with Gasteiger partial charge >= 0.3 is 0 Å². The van der Waals surface area contributed by atoms with Gasteiger partial charge in [0.1, 0.15) is 24.0 Å². The minimum Gasteiger partial charge on any atom is -0.488 e. The molecule has 2 aromatic carbocycles. The third-order valence-corrected chi connectivity index (χ3v) is 3.09. The van der Waals surface area contributed by atoms with Gasteiger partial charge in [-0.25, -0.2) is 8.78 Å². The van der Waals surface area contributed by atoms with E-state index in [1.54, 1.807) is 0 Å². The summed E-state index contributed by atoms with van der Waals surface area (Å²) in [6, 6.07) is 7.89. The molecule has 0 aliphatic carbocycles. The van der Waals surface area contributed by atoms with Gasteiger partial charge < -0.3 is 15.7 Å². The lowest BCUT2D eigenvalue weighted by Gasteiger charge is -2.12. The first kappa shape index (κ1) is 15.1. The summed E-state index contributed by atoms with van der Waals surface area (Å²) < 4.78 is 32.1. The Morgan fingerprint density at radius 2 is 2.05 bits per heavy atom. The molecule has 0 amide bonds. The quantitative estimate of drug-likeness (QED) is 0.394. The highest BCUT2D eigenvalue weighted by atomic mass is 35.5. The summed E-state index contributed by atoms with van der Waals surface area (Å²) in [4.78, 5) is 0. The van der Waals surface area contributed by atoms with E-state index < -0.39 is 17.5 Å². The summed E-state index contributed by atoms with van der Waals surface area (Å²) in [5, 5.41) is 11.6. The van der Waals surface area contributed by atoms with E-state index in [9.17, 15) is 8.78 Å². The molecule has 0 bridgehead atoms. The number of hydrogen-bond acceptors (Lipinski definition) is 3. The van der Waals surface area contributed by atoms with Crippen LogP contribution < -0.4 is 10.5 Å². The maximum absolute atomic E-state index is 13.7. The molecule has 0 aliphatic heterocycles. The first-order valence-corrected chi connectivity index (χ1v) is 6.24. The van der Waals surface area contributed by atoms with Crippen molar-refractivity contribution in [1.82, 2.24) is 0 Å². The summed E-state index contributed by atoms with van der Waals surface area (Å²) in [7, 11) is 0. The van der Waals surface area contributed by atoms with Crippen LogP contribution in [0.25, 0.3) is 0 Å². The van der Waals surface area contributed by atoms with Crippen molar-refractivity contribution in [3.8, 4) is 5.75 Å². The zero-order chi connectivity index (χ0) is 15.4. The molecule has 0 atom stereocenters. The molecule has 0 unspecified atom stereocenters. The van der Waals surface area contributed by atoms with Crippen LogP contribution in [0.15, 0.2) is 41.6 Å². The molecule has 0 saturated heterocycles. The summed E-state index contributed by atoms with van der Waals surface area (Å²) in [6.45, 7) is -0.0196. The first-order valence-electron chi connectivity index (χ1n) is 5.86. The fourth-order valence-corrected chi connectivity index (χ4v) is 1.94. The highest BCUT2D eigenvalue weighted by Crippen LogP contribution is 2.24. The van der Waals surface area contributed by atoms with Crippen LogP contribution in [0.4, 0.5) is 8.78 Å². The zero-order valence-electron chi connectivity index (χ0n) is 10.7. The van der Waals surface area contributed by atoms with Crippen LogP contribution in [0.5, 0.6) is 5.75 Å². The molecule has 2 rings (SSSR count). The molecule has 2 aromatic rings. The van der Waals surface area contributed by atoms with Crippen LogP contribution in [-0.2, 0) is 6.61 Å². The molecule has 0 aliphatic rings. The van der Waals surface area contributed by atoms with Crippen LogP contribution in [0.1, 0.15) is 11.1 Å². The van der Waals surface area contributed by atoms with E-state index in [4.69, 9.17) is 27.3 Å². The summed E-state index contributed by atoms with van der Waals surface area (Å²) in [5.74, 6) is -1.47. The number of halogens is 3. The van der Waals surface area contributed by atoms with Gasteiger partial charge in [0.15, 0.2) is 5.84 Å². The monoisotopic (exact) mass is 312 g/mol. The van der Waals surface area contributed by atoms with Crippen LogP contribution in [0.2, 0.25) is 5.02 Å². The predicted octanol–water partition coefficient (Wildman–Crippen LogP) is 3.29. The Morgan fingerprint density at radius 1 is 1.29 bits per heavy atom. The molecular weight excluding hydrogens is 302 g/mol. The second-order valence-electron chi connectivity index (χ2n) is 4.12. The molecule has 4 nitrogen and oxygen atoms in total. The molecule has 0 fully saturated rings. The number of amidine groups is 1. The Bertz CT molecular complexity index is 693. The number of oxime groups is 1. The second kappa shape index (κ2) is 6.41. The molecule has 3 N–H and O–H groups in total. The number of nitrogens with zero attached hydrogens (tertiary/aromatic N) is 1. The van der Waals surface area contributed by atoms with Crippen LogP contribution in [0, 0.1) is 11.6 Å². The van der Waals surface area contributed by atoms with Gasteiger partial charge in [0.25, 0.3) is 0 Å². The molecule has 7 heteroatoms. The van der Waals surface area contributed by atoms with Crippen molar-refractivity contribution in [2.45, 2.75) is 6.61 Å². The topological polar surface area (TPSA) is 67.8 Å². The van der Waals surface area contributed by atoms with Crippen molar-refractivity contribution in [2.24, 2.45) is 10.9 Å². The summed E-state index contributed by atoms with van der Waals surface area (Å²) in [6.07, 6.45) is 0. The van der Waals surface area contributed by atoms with Gasteiger partial charge in [-0.1, -0.05) is 28.9 Å². The van der Waals surface area contributed by atoms with Gasteiger partial charge in [0, 0.05) is 5.56 Å². The van der Waals surface area contributed by atoms with Crippen molar-refractivity contribution in [1.29, 1.82) is 0 Å². The van der Waals surface area contributed by atoms with E-state index >= 15 is 0 Å². The van der Waals surface area contributed by atoms with Crippen LogP contribution in [0.3, 0.4) is 0 Å². The number of benzene rings is 2. The van der Waals surface area contributed by atoms with Crippen LogP contribution in [-0.4, -0.2) is 11.0 Å². The maximum Gasteiger partial charge on any atom is 0.176 e. The van der Waals surface area contributed by atoms with Crippen molar-refractivity contribution in [3.05, 3.63) is 64.2 Å². The molecule has 0 radical (unpaired) electrons. The average molecular weight is 313 g/mol. The average Bonchev–Trinajstić information content (AvgIpc) is 2.45. The predicted molar refractivity (Wildman–Crippen MR) is 74.7 cm³/mol. The van der Waals surface area contributed by atoms with Crippen molar-refractivity contribution in [2.75, 3.05) is 0 Å². The minimum atomic E-state index is -0.687. The lowest BCUT2D eigenvalue weighted by molar-refractivity contribution is 0.301. The molecular formula is C14H11ClF2N2O2. The van der Waals surface area contributed by atoms with Crippen LogP contribution >= 0.6 is 11.6 Å². The number of rotatable bonds is 4. The van der Waals surface area contributed by atoms with Gasteiger partial charge in [-0.2, -0.15) is 0 Å². The maximum atomic E-state index is 13.7. The van der Waals surface area contributed by atoms with Crippen molar-refractivity contribution in [3.63, 3.8) is 0 Å². The third-order valence-electron chi connectivity index (χ3n) is 2.74. The SMILES string of the molecule is N/C(=N\O)c1c(F)cccc1OCc1ccc(F)cc1Cl. The summed E-state index contributed by atoms with van der Waals surface area (Å²) >= 11 is 5.87. The standard InChI is InChI=1S/C14H11ClF2N2O2/c15-10-6-9(16)5-4-8(10)7-21-12-3-1-2-11(17)13(12)14(18)19-20/h1-6,20H,7H2,(H2,18,19). The first-order chi connectivity index (χ1) is 10.0. The fraction of sp³-hybridized carbons (Fsp3) is 0.0714. The molecule has 110 valence electrons. The van der Waals surface area contributed by atoms with Crippen molar-refractivity contribution < 1.29 is 18.7 Å². The third kappa shape index (κ3) is 3.41. The smallest absolute Gasteiger partial charge is 0.176 e. The largest absolute Gasteiger partial charge is 0.488 e. The van der Waals surface area contributed by atoms with E-state index in [1.165, 1.54) is 24.3 Å².